The molecule has 0 radical (unpaired) electrons. The van der Waals surface area contributed by atoms with Gasteiger partial charge < -0.3 is 5.11 Å². The molecule has 0 saturated carbocycles. The molecule has 0 aliphatic rings. The number of carboxylic acids is 1. The van der Waals surface area contributed by atoms with E-state index in [1.807, 2.05) is 12.1 Å². The average Bonchev–Trinajstić information content (AvgIpc) is 2.82. The van der Waals surface area contributed by atoms with Gasteiger partial charge in [-0.3, -0.25) is 0 Å². The zero-order chi connectivity index (χ0) is 13.4. The summed E-state index contributed by atoms with van der Waals surface area (Å²) < 4.78 is 1.43. The molecule has 0 amide bonds. The summed E-state index contributed by atoms with van der Waals surface area (Å²) in [4.78, 5) is 15.4. The van der Waals surface area contributed by atoms with Crippen molar-refractivity contribution in [2.75, 3.05) is 0 Å². The first-order valence-electron chi connectivity index (χ1n) is 5.50. The van der Waals surface area contributed by atoms with E-state index in [9.17, 15) is 4.79 Å². The Kier molecular flexibility index (Phi) is 2.68. The lowest BCUT2D eigenvalue weighted by Gasteiger charge is -1.96. The standard InChI is InChI=1S/C13H8ClN3O2/c14-10-6-2-1-4-8(10)11-15-12-9(13(18)19)5-3-7-17(12)16-11/h1-7H,(H,18,19). The monoisotopic (exact) mass is 273 g/mol. The number of hydrogen-bond donors (Lipinski definition) is 1. The Morgan fingerprint density at radius 3 is 2.74 bits per heavy atom. The van der Waals surface area contributed by atoms with Gasteiger partial charge in [-0.25, -0.2) is 14.3 Å². The molecule has 0 bridgehead atoms. The fourth-order valence-electron chi connectivity index (χ4n) is 1.83. The first-order valence-corrected chi connectivity index (χ1v) is 5.88. The minimum absolute atomic E-state index is 0.105. The second-order valence-electron chi connectivity index (χ2n) is 3.91. The van der Waals surface area contributed by atoms with Crippen LogP contribution in [0.2, 0.25) is 5.02 Å². The zero-order valence-electron chi connectivity index (χ0n) is 9.62. The second kappa shape index (κ2) is 4.37. The van der Waals surface area contributed by atoms with Crippen molar-refractivity contribution in [3.8, 4) is 11.4 Å². The number of aromatic nitrogens is 3. The molecule has 3 aromatic rings. The van der Waals surface area contributed by atoms with Gasteiger partial charge in [-0.05, 0) is 24.3 Å². The maximum atomic E-state index is 11.1. The fraction of sp³-hybridized carbons (Fsp3) is 0. The molecule has 0 saturated heterocycles. The van der Waals surface area contributed by atoms with Gasteiger partial charge in [0.1, 0.15) is 5.56 Å². The molecule has 1 aromatic carbocycles. The van der Waals surface area contributed by atoms with Gasteiger partial charge in [0.2, 0.25) is 0 Å². The minimum Gasteiger partial charge on any atom is -0.478 e. The van der Waals surface area contributed by atoms with E-state index >= 15 is 0 Å². The summed E-state index contributed by atoms with van der Waals surface area (Å²) in [5.74, 6) is -0.636. The first-order chi connectivity index (χ1) is 9.16. The van der Waals surface area contributed by atoms with Gasteiger partial charge in [0.05, 0.1) is 5.02 Å². The SMILES string of the molecule is O=C(O)c1cccn2nc(-c3ccccc3Cl)nc12. The van der Waals surface area contributed by atoms with Crippen molar-refractivity contribution in [3.63, 3.8) is 0 Å². The van der Waals surface area contributed by atoms with E-state index in [2.05, 4.69) is 10.1 Å². The Bertz CT molecular complexity index is 782. The topological polar surface area (TPSA) is 67.5 Å². The highest BCUT2D eigenvalue weighted by Gasteiger charge is 2.15. The predicted molar refractivity (Wildman–Crippen MR) is 70.4 cm³/mol. The van der Waals surface area contributed by atoms with Gasteiger partial charge in [-0.2, -0.15) is 0 Å². The van der Waals surface area contributed by atoms with Crippen molar-refractivity contribution in [3.05, 3.63) is 53.2 Å². The summed E-state index contributed by atoms with van der Waals surface area (Å²) >= 11 is 6.08. The molecule has 19 heavy (non-hydrogen) atoms. The highest BCUT2D eigenvalue weighted by Crippen LogP contribution is 2.25. The molecule has 1 N–H and O–H groups in total. The van der Waals surface area contributed by atoms with Crippen molar-refractivity contribution >= 4 is 23.2 Å². The number of hydrogen-bond acceptors (Lipinski definition) is 3. The van der Waals surface area contributed by atoms with E-state index < -0.39 is 5.97 Å². The molecule has 94 valence electrons. The molecule has 0 aliphatic carbocycles. The largest absolute Gasteiger partial charge is 0.478 e. The third-order valence-electron chi connectivity index (χ3n) is 2.71. The number of halogens is 1. The third-order valence-corrected chi connectivity index (χ3v) is 3.04. The van der Waals surface area contributed by atoms with Gasteiger partial charge in [-0.15, -0.1) is 5.10 Å². The maximum Gasteiger partial charge on any atom is 0.339 e. The molecule has 5 nitrogen and oxygen atoms in total. The van der Waals surface area contributed by atoms with E-state index in [-0.39, 0.29) is 5.56 Å². The van der Waals surface area contributed by atoms with Gasteiger partial charge in [0.15, 0.2) is 11.5 Å². The van der Waals surface area contributed by atoms with E-state index in [1.54, 1.807) is 24.4 Å². The van der Waals surface area contributed by atoms with Crippen LogP contribution < -0.4 is 0 Å². The summed E-state index contributed by atoms with van der Waals surface area (Å²) in [6.07, 6.45) is 1.65. The van der Waals surface area contributed by atoms with Gasteiger partial charge in [0, 0.05) is 11.8 Å². The number of nitrogens with zero attached hydrogens (tertiary/aromatic N) is 3. The molecule has 0 atom stereocenters. The number of benzene rings is 1. The lowest BCUT2D eigenvalue weighted by Crippen LogP contribution is -2.00. The summed E-state index contributed by atoms with van der Waals surface area (Å²) in [5.41, 5.74) is 1.07. The molecular formula is C13H8ClN3O2. The van der Waals surface area contributed by atoms with Crippen LogP contribution >= 0.6 is 11.6 Å². The van der Waals surface area contributed by atoms with Crippen LogP contribution in [0.25, 0.3) is 17.0 Å². The molecule has 0 aliphatic heterocycles. The van der Waals surface area contributed by atoms with Gasteiger partial charge in [-0.1, -0.05) is 23.7 Å². The number of pyridine rings is 1. The Morgan fingerprint density at radius 2 is 2.00 bits per heavy atom. The highest BCUT2D eigenvalue weighted by atomic mass is 35.5. The Hall–Kier alpha value is -2.40. The molecule has 2 heterocycles. The quantitative estimate of drug-likeness (QED) is 0.779. The van der Waals surface area contributed by atoms with Crippen LogP contribution in [0.15, 0.2) is 42.6 Å². The summed E-state index contributed by atoms with van der Waals surface area (Å²) in [6, 6.07) is 10.3. The fourth-order valence-corrected chi connectivity index (χ4v) is 2.05. The molecule has 0 spiro atoms. The third kappa shape index (κ3) is 1.94. The average molecular weight is 274 g/mol. The van der Waals surface area contributed by atoms with E-state index in [0.29, 0.717) is 22.1 Å². The zero-order valence-corrected chi connectivity index (χ0v) is 10.4. The maximum absolute atomic E-state index is 11.1. The first kappa shape index (κ1) is 11.7. The highest BCUT2D eigenvalue weighted by molar-refractivity contribution is 6.33. The van der Waals surface area contributed by atoms with E-state index in [0.717, 1.165) is 0 Å². The normalized spacial score (nSPS) is 10.8. The second-order valence-corrected chi connectivity index (χ2v) is 4.32. The van der Waals surface area contributed by atoms with Crippen molar-refractivity contribution in [2.24, 2.45) is 0 Å². The van der Waals surface area contributed by atoms with Crippen LogP contribution in [0, 0.1) is 0 Å². The van der Waals surface area contributed by atoms with Crippen LogP contribution in [-0.2, 0) is 0 Å². The van der Waals surface area contributed by atoms with Crippen LogP contribution in [0.4, 0.5) is 0 Å². The Balaban J connectivity index is 2.26. The van der Waals surface area contributed by atoms with Crippen molar-refractivity contribution < 1.29 is 9.90 Å². The summed E-state index contributed by atoms with van der Waals surface area (Å²) in [7, 11) is 0. The predicted octanol–water partition coefficient (Wildman–Crippen LogP) is 2.75. The lowest BCUT2D eigenvalue weighted by molar-refractivity contribution is 0.0698. The minimum atomic E-state index is -1.04. The van der Waals surface area contributed by atoms with Crippen LogP contribution in [-0.4, -0.2) is 25.7 Å². The molecule has 0 fully saturated rings. The smallest absolute Gasteiger partial charge is 0.339 e. The van der Waals surface area contributed by atoms with Gasteiger partial charge >= 0.3 is 5.97 Å². The summed E-state index contributed by atoms with van der Waals surface area (Å²) in [5, 5.41) is 13.9. The van der Waals surface area contributed by atoms with Crippen LogP contribution in [0.1, 0.15) is 10.4 Å². The van der Waals surface area contributed by atoms with E-state index in [1.165, 1.54) is 10.6 Å². The van der Waals surface area contributed by atoms with Crippen LogP contribution in [0.5, 0.6) is 0 Å². The number of aromatic carboxylic acids is 1. The molecule has 3 rings (SSSR count). The molecule has 6 heteroatoms. The summed E-state index contributed by atoms with van der Waals surface area (Å²) in [6.45, 7) is 0. The number of rotatable bonds is 2. The van der Waals surface area contributed by atoms with Crippen LogP contribution in [0.3, 0.4) is 0 Å². The number of carbonyl (C=O) groups is 1. The Labute approximate surface area is 113 Å². The molecule has 0 unspecified atom stereocenters. The van der Waals surface area contributed by atoms with E-state index in [4.69, 9.17) is 16.7 Å². The van der Waals surface area contributed by atoms with Crippen molar-refractivity contribution in [2.45, 2.75) is 0 Å². The molecule has 2 aromatic heterocycles. The Morgan fingerprint density at radius 1 is 1.21 bits per heavy atom. The van der Waals surface area contributed by atoms with Crippen molar-refractivity contribution in [1.29, 1.82) is 0 Å². The van der Waals surface area contributed by atoms with Gasteiger partial charge in [0.25, 0.3) is 0 Å². The molecular weight excluding hydrogens is 266 g/mol. The lowest BCUT2D eigenvalue weighted by atomic mass is 10.2. The number of carboxylic acid groups (broad SMARTS) is 1. The number of fused-ring (bicyclic) bond motifs is 1. The van der Waals surface area contributed by atoms with Crippen molar-refractivity contribution in [1.82, 2.24) is 14.6 Å².